The first kappa shape index (κ1) is 18.5. The number of hydrogen-bond donors (Lipinski definition) is 1. The number of benzene rings is 1. The molecule has 1 heteroatoms. The number of aryl methyl sites for hydroxylation is 1. The first-order valence-corrected chi connectivity index (χ1v) is 8.91. The molecule has 0 aliphatic rings. The molecule has 0 atom stereocenters. The van der Waals surface area contributed by atoms with Gasteiger partial charge in [-0.1, -0.05) is 69.0 Å². The molecule has 22 heavy (non-hydrogen) atoms. The second-order valence-electron chi connectivity index (χ2n) is 5.94. The van der Waals surface area contributed by atoms with Crippen LogP contribution in [0.1, 0.15) is 70.3 Å². The number of rotatable bonds is 12. The monoisotopic (exact) mass is 300 g/mol. The molecule has 0 fully saturated rings. The largest absolute Gasteiger partial charge is 0.508 e. The predicted octanol–water partition coefficient (Wildman–Crippen LogP) is 6.58. The molecule has 0 amide bonds. The van der Waals surface area contributed by atoms with E-state index in [0.717, 1.165) is 25.7 Å². The lowest BCUT2D eigenvalue weighted by Gasteiger charge is -1.99. The summed E-state index contributed by atoms with van der Waals surface area (Å²) in [5.41, 5.74) is 1.22. The van der Waals surface area contributed by atoms with Crippen LogP contribution < -0.4 is 0 Å². The summed E-state index contributed by atoms with van der Waals surface area (Å²) >= 11 is 0. The van der Waals surface area contributed by atoms with Crippen LogP contribution in [0.15, 0.2) is 48.6 Å². The molecular weight excluding hydrogens is 268 g/mol. The summed E-state index contributed by atoms with van der Waals surface area (Å²) in [6.07, 6.45) is 21.5. The van der Waals surface area contributed by atoms with Crippen molar-refractivity contribution in [2.75, 3.05) is 0 Å². The van der Waals surface area contributed by atoms with E-state index in [1.54, 1.807) is 6.07 Å². The maximum Gasteiger partial charge on any atom is 0.115 e. The van der Waals surface area contributed by atoms with Crippen molar-refractivity contribution in [2.24, 2.45) is 0 Å². The van der Waals surface area contributed by atoms with Gasteiger partial charge in [-0.3, -0.25) is 0 Å². The minimum absolute atomic E-state index is 0.368. The first-order chi connectivity index (χ1) is 10.8. The standard InChI is InChI=1S/C21H32O/c1-2-3-4-5-6-7-8-9-10-11-12-13-14-16-20-17-15-18-21(22)19-20/h8-9,11-12,15,17-19,22H,2-7,10,13-14,16H2,1H3. The van der Waals surface area contributed by atoms with Gasteiger partial charge in [0.2, 0.25) is 0 Å². The van der Waals surface area contributed by atoms with E-state index in [1.807, 2.05) is 12.1 Å². The summed E-state index contributed by atoms with van der Waals surface area (Å²) in [4.78, 5) is 0. The highest BCUT2D eigenvalue weighted by atomic mass is 16.3. The third kappa shape index (κ3) is 10.3. The molecule has 0 saturated carbocycles. The highest BCUT2D eigenvalue weighted by Gasteiger charge is 1.93. The Morgan fingerprint density at radius 2 is 1.59 bits per heavy atom. The minimum Gasteiger partial charge on any atom is -0.508 e. The zero-order chi connectivity index (χ0) is 15.9. The number of hydrogen-bond acceptors (Lipinski definition) is 1. The van der Waals surface area contributed by atoms with Crippen molar-refractivity contribution in [1.82, 2.24) is 0 Å². The van der Waals surface area contributed by atoms with E-state index in [4.69, 9.17) is 0 Å². The van der Waals surface area contributed by atoms with Crippen LogP contribution in [0.2, 0.25) is 0 Å². The Bertz CT molecular complexity index is 431. The Labute approximate surface area is 136 Å². The van der Waals surface area contributed by atoms with Crippen molar-refractivity contribution in [3.63, 3.8) is 0 Å². The van der Waals surface area contributed by atoms with E-state index in [2.05, 4.69) is 37.3 Å². The van der Waals surface area contributed by atoms with Crippen LogP contribution in [0.3, 0.4) is 0 Å². The average molecular weight is 300 g/mol. The Morgan fingerprint density at radius 3 is 2.32 bits per heavy atom. The van der Waals surface area contributed by atoms with Crippen molar-refractivity contribution in [3.05, 3.63) is 54.1 Å². The fourth-order valence-electron chi connectivity index (χ4n) is 2.51. The summed E-state index contributed by atoms with van der Waals surface area (Å²) in [6.45, 7) is 2.26. The second kappa shape index (κ2) is 13.2. The molecule has 0 heterocycles. The molecular formula is C21H32O. The van der Waals surface area contributed by atoms with Gasteiger partial charge >= 0.3 is 0 Å². The van der Waals surface area contributed by atoms with Crippen LogP contribution in [-0.4, -0.2) is 5.11 Å². The minimum atomic E-state index is 0.368. The lowest BCUT2D eigenvalue weighted by Crippen LogP contribution is -1.83. The number of allylic oxidation sites excluding steroid dienone is 4. The van der Waals surface area contributed by atoms with Crippen LogP contribution in [-0.2, 0) is 6.42 Å². The molecule has 1 aromatic rings. The van der Waals surface area contributed by atoms with Gasteiger partial charge < -0.3 is 5.11 Å². The van der Waals surface area contributed by atoms with Crippen molar-refractivity contribution < 1.29 is 5.11 Å². The topological polar surface area (TPSA) is 20.2 Å². The van der Waals surface area contributed by atoms with Gasteiger partial charge in [0, 0.05) is 0 Å². The third-order valence-corrected chi connectivity index (χ3v) is 3.83. The lowest BCUT2D eigenvalue weighted by atomic mass is 10.1. The Balaban J connectivity index is 1.95. The van der Waals surface area contributed by atoms with Gasteiger partial charge in [-0.25, -0.2) is 0 Å². The zero-order valence-electron chi connectivity index (χ0n) is 14.1. The third-order valence-electron chi connectivity index (χ3n) is 3.83. The zero-order valence-corrected chi connectivity index (χ0v) is 14.1. The molecule has 1 aromatic carbocycles. The summed E-state index contributed by atoms with van der Waals surface area (Å²) in [6, 6.07) is 7.56. The first-order valence-electron chi connectivity index (χ1n) is 8.91. The van der Waals surface area contributed by atoms with Gasteiger partial charge in [-0.05, 0) is 56.2 Å². The molecule has 0 aromatic heterocycles. The van der Waals surface area contributed by atoms with Crippen molar-refractivity contribution in [2.45, 2.75) is 71.1 Å². The Kier molecular flexibility index (Phi) is 11.1. The van der Waals surface area contributed by atoms with Gasteiger partial charge in [-0.15, -0.1) is 0 Å². The fourth-order valence-corrected chi connectivity index (χ4v) is 2.51. The van der Waals surface area contributed by atoms with Gasteiger partial charge in [0.05, 0.1) is 0 Å². The Hall–Kier alpha value is -1.50. The Morgan fingerprint density at radius 1 is 0.864 bits per heavy atom. The van der Waals surface area contributed by atoms with Gasteiger partial charge in [0.1, 0.15) is 5.75 Å². The van der Waals surface area contributed by atoms with Gasteiger partial charge in [0.15, 0.2) is 0 Å². The van der Waals surface area contributed by atoms with Crippen LogP contribution in [0.25, 0.3) is 0 Å². The molecule has 122 valence electrons. The van der Waals surface area contributed by atoms with E-state index >= 15 is 0 Å². The average Bonchev–Trinajstić information content (AvgIpc) is 2.52. The summed E-state index contributed by atoms with van der Waals surface area (Å²) in [5.74, 6) is 0.368. The van der Waals surface area contributed by atoms with Crippen molar-refractivity contribution in [1.29, 1.82) is 0 Å². The highest BCUT2D eigenvalue weighted by Crippen LogP contribution is 2.13. The van der Waals surface area contributed by atoms with E-state index in [-0.39, 0.29) is 0 Å². The molecule has 0 bridgehead atoms. The van der Waals surface area contributed by atoms with E-state index in [0.29, 0.717) is 5.75 Å². The van der Waals surface area contributed by atoms with E-state index < -0.39 is 0 Å². The number of aromatic hydroxyl groups is 1. The lowest BCUT2D eigenvalue weighted by molar-refractivity contribution is 0.474. The summed E-state index contributed by atoms with van der Waals surface area (Å²) in [7, 11) is 0. The number of unbranched alkanes of at least 4 members (excludes halogenated alkanes) is 6. The van der Waals surface area contributed by atoms with Gasteiger partial charge in [0.25, 0.3) is 0 Å². The number of phenolic OH excluding ortho intramolecular Hbond substituents is 1. The maximum atomic E-state index is 9.40. The molecule has 0 saturated heterocycles. The van der Waals surface area contributed by atoms with Crippen LogP contribution >= 0.6 is 0 Å². The second-order valence-corrected chi connectivity index (χ2v) is 5.94. The van der Waals surface area contributed by atoms with Crippen molar-refractivity contribution >= 4 is 0 Å². The van der Waals surface area contributed by atoms with E-state index in [9.17, 15) is 5.11 Å². The van der Waals surface area contributed by atoms with Crippen LogP contribution in [0.4, 0.5) is 0 Å². The molecule has 0 unspecified atom stereocenters. The van der Waals surface area contributed by atoms with Crippen LogP contribution in [0.5, 0.6) is 5.75 Å². The molecule has 1 N–H and O–H groups in total. The smallest absolute Gasteiger partial charge is 0.115 e. The SMILES string of the molecule is CCCCCCCC=CCC=CCCCc1cccc(O)c1. The molecule has 0 aliphatic carbocycles. The molecule has 0 radical (unpaired) electrons. The van der Waals surface area contributed by atoms with Crippen molar-refractivity contribution in [3.8, 4) is 5.75 Å². The maximum absolute atomic E-state index is 9.40. The molecule has 0 aliphatic heterocycles. The molecule has 0 spiro atoms. The summed E-state index contributed by atoms with van der Waals surface area (Å²) < 4.78 is 0. The quantitative estimate of drug-likeness (QED) is 0.341. The van der Waals surface area contributed by atoms with Crippen LogP contribution in [0, 0.1) is 0 Å². The summed E-state index contributed by atoms with van der Waals surface area (Å²) in [5, 5.41) is 9.40. The molecule has 1 rings (SSSR count). The molecule has 1 nitrogen and oxygen atoms in total. The normalized spacial score (nSPS) is 11.7. The highest BCUT2D eigenvalue weighted by molar-refractivity contribution is 5.27. The predicted molar refractivity (Wildman–Crippen MR) is 97.3 cm³/mol. The fraction of sp³-hybridized carbons (Fsp3) is 0.524. The van der Waals surface area contributed by atoms with Gasteiger partial charge in [-0.2, -0.15) is 0 Å². The number of phenols is 1. The van der Waals surface area contributed by atoms with E-state index in [1.165, 1.54) is 44.1 Å².